The van der Waals surface area contributed by atoms with E-state index in [1.54, 1.807) is 55.5 Å². The van der Waals surface area contributed by atoms with E-state index in [0.29, 0.717) is 21.5 Å². The lowest BCUT2D eigenvalue weighted by atomic mass is 10.2. The lowest BCUT2D eigenvalue weighted by Crippen LogP contribution is -2.43. The standard InChI is InChI=1S/C29H30N8O9S2/c1-3-45-23(39)15-36(13-12-31-48(42,43)29-32-20-6-4-5-7-21(20)47-29)22(38)14-37-17-30-24-25(37)33-27(34-26(24)40)35-28(41)46-16-18-8-10-19(44-2)11-9-18/h4-11,17,31H,3,12-16H2,1-2H3,(H2,33,34,35,40,41). The molecule has 0 spiro atoms. The molecule has 3 aromatic heterocycles. The van der Waals surface area contributed by atoms with E-state index in [2.05, 4.69) is 30.0 Å². The highest BCUT2D eigenvalue weighted by atomic mass is 32.2. The number of nitrogens with one attached hydrogen (secondary N) is 3. The molecule has 0 unspecified atom stereocenters. The van der Waals surface area contributed by atoms with E-state index >= 15 is 0 Å². The third-order valence-electron chi connectivity index (χ3n) is 6.69. The number of hydrogen-bond acceptors (Lipinski definition) is 13. The van der Waals surface area contributed by atoms with Gasteiger partial charge in [0.25, 0.3) is 15.6 Å². The number of esters is 1. The van der Waals surface area contributed by atoms with Gasteiger partial charge in [0.05, 0.1) is 30.3 Å². The smallest absolute Gasteiger partial charge is 0.414 e. The van der Waals surface area contributed by atoms with Crippen molar-refractivity contribution in [3.63, 3.8) is 0 Å². The molecule has 0 saturated heterocycles. The maximum atomic E-state index is 13.4. The molecule has 3 heterocycles. The number of aromatic nitrogens is 5. The highest BCUT2D eigenvalue weighted by Gasteiger charge is 2.23. The number of hydrogen-bond donors (Lipinski definition) is 3. The summed E-state index contributed by atoms with van der Waals surface area (Å²) in [5.41, 5.74) is 0.386. The van der Waals surface area contributed by atoms with Crippen LogP contribution in [0.3, 0.4) is 0 Å². The van der Waals surface area contributed by atoms with Crippen LogP contribution in [0.4, 0.5) is 10.7 Å². The molecular weight excluding hydrogens is 668 g/mol. The lowest BCUT2D eigenvalue weighted by Gasteiger charge is -2.22. The number of methoxy groups -OCH3 is 1. The molecule has 0 aliphatic carbocycles. The molecule has 0 atom stereocenters. The number of sulfonamides is 1. The Bertz CT molecular complexity index is 2080. The second kappa shape index (κ2) is 15.0. The third kappa shape index (κ3) is 8.30. The van der Waals surface area contributed by atoms with Crippen LogP contribution in [0.5, 0.6) is 5.75 Å². The number of para-hydroxylation sites is 1. The zero-order chi connectivity index (χ0) is 34.3. The highest BCUT2D eigenvalue weighted by molar-refractivity contribution is 7.91. The number of rotatable bonds is 14. The van der Waals surface area contributed by atoms with Crippen molar-refractivity contribution in [1.82, 2.24) is 34.1 Å². The van der Waals surface area contributed by atoms with Gasteiger partial charge in [-0.3, -0.25) is 24.7 Å². The number of aromatic amines is 1. The van der Waals surface area contributed by atoms with E-state index in [9.17, 15) is 27.6 Å². The minimum atomic E-state index is -4.01. The van der Waals surface area contributed by atoms with Gasteiger partial charge in [-0.25, -0.2) is 27.9 Å². The summed E-state index contributed by atoms with van der Waals surface area (Å²) in [6.45, 7) is 0.275. The van der Waals surface area contributed by atoms with Crippen molar-refractivity contribution in [3.05, 3.63) is 70.8 Å². The van der Waals surface area contributed by atoms with Gasteiger partial charge in [-0.15, -0.1) is 11.3 Å². The van der Waals surface area contributed by atoms with Crippen LogP contribution in [-0.2, 0) is 42.2 Å². The van der Waals surface area contributed by atoms with Crippen LogP contribution >= 0.6 is 11.3 Å². The van der Waals surface area contributed by atoms with E-state index < -0.39 is 46.6 Å². The maximum Gasteiger partial charge on any atom is 0.414 e. The van der Waals surface area contributed by atoms with Crippen molar-refractivity contribution in [1.29, 1.82) is 0 Å². The number of thiazole rings is 1. The van der Waals surface area contributed by atoms with Gasteiger partial charge in [-0.2, -0.15) is 4.98 Å². The number of anilines is 1. The summed E-state index contributed by atoms with van der Waals surface area (Å²) in [5, 5.41) is 2.35. The number of amides is 2. The fourth-order valence-electron chi connectivity index (χ4n) is 4.37. The molecule has 48 heavy (non-hydrogen) atoms. The summed E-state index contributed by atoms with van der Waals surface area (Å²) in [5.74, 6) is -0.946. The van der Waals surface area contributed by atoms with Crippen molar-refractivity contribution < 1.29 is 37.0 Å². The maximum absolute atomic E-state index is 13.4. The highest BCUT2D eigenvalue weighted by Crippen LogP contribution is 2.24. The molecule has 2 amide bonds. The molecule has 5 aromatic rings. The molecule has 19 heteroatoms. The summed E-state index contributed by atoms with van der Waals surface area (Å²) >= 11 is 0.999. The molecule has 3 N–H and O–H groups in total. The van der Waals surface area contributed by atoms with Gasteiger partial charge < -0.3 is 23.7 Å². The molecule has 0 saturated carbocycles. The molecule has 252 valence electrons. The largest absolute Gasteiger partial charge is 0.497 e. The number of imidazole rings is 1. The quantitative estimate of drug-likeness (QED) is 0.142. The third-order valence-corrected chi connectivity index (χ3v) is 9.56. The molecule has 0 bridgehead atoms. The van der Waals surface area contributed by atoms with E-state index in [1.165, 1.54) is 18.0 Å². The number of benzene rings is 2. The van der Waals surface area contributed by atoms with Crippen LogP contribution in [0.1, 0.15) is 12.5 Å². The lowest BCUT2D eigenvalue weighted by molar-refractivity contribution is -0.149. The Hall–Kier alpha value is -5.40. The first-order chi connectivity index (χ1) is 23.1. The molecule has 5 rings (SSSR count). The van der Waals surface area contributed by atoms with E-state index in [-0.39, 0.29) is 47.8 Å². The number of fused-ring (bicyclic) bond motifs is 2. The molecule has 0 aliphatic heterocycles. The molecule has 0 fully saturated rings. The van der Waals surface area contributed by atoms with Gasteiger partial charge in [0.1, 0.15) is 25.4 Å². The van der Waals surface area contributed by atoms with Crippen molar-refractivity contribution in [2.45, 2.75) is 24.4 Å². The van der Waals surface area contributed by atoms with Crippen LogP contribution in [0, 0.1) is 0 Å². The fraction of sp³-hybridized carbons (Fsp3) is 0.276. The number of carbonyl (C=O) groups excluding carboxylic acids is 3. The average Bonchev–Trinajstić information content (AvgIpc) is 3.69. The van der Waals surface area contributed by atoms with Crippen LogP contribution in [0.25, 0.3) is 21.4 Å². The number of carbonyl (C=O) groups is 3. The molecule has 2 aromatic carbocycles. The Morgan fingerprint density at radius 3 is 2.56 bits per heavy atom. The summed E-state index contributed by atoms with van der Waals surface area (Å²) in [6, 6.07) is 13.8. The minimum absolute atomic E-state index is 0.0369. The Balaban J connectivity index is 1.26. The van der Waals surface area contributed by atoms with Crippen molar-refractivity contribution in [2.75, 3.05) is 38.7 Å². The van der Waals surface area contributed by atoms with Gasteiger partial charge in [-0.05, 0) is 36.8 Å². The van der Waals surface area contributed by atoms with E-state index in [4.69, 9.17) is 14.2 Å². The van der Waals surface area contributed by atoms with Crippen LogP contribution in [0.2, 0.25) is 0 Å². The SMILES string of the molecule is CCOC(=O)CN(CCNS(=O)(=O)c1nc2ccccc2s1)C(=O)Cn1cnc2c(=O)[nH]c(NC(=O)OCc3ccc(OC)cc3)nc21. The second-order valence-electron chi connectivity index (χ2n) is 9.97. The summed E-state index contributed by atoms with van der Waals surface area (Å²) in [4.78, 5) is 66.7. The summed E-state index contributed by atoms with van der Waals surface area (Å²) in [6.07, 6.45) is 0.305. The molecule has 0 aliphatic rings. The van der Waals surface area contributed by atoms with E-state index in [0.717, 1.165) is 16.2 Å². The van der Waals surface area contributed by atoms with Crippen molar-refractivity contribution >= 4 is 66.7 Å². The number of ether oxygens (including phenoxy) is 3. The predicted octanol–water partition coefficient (Wildman–Crippen LogP) is 1.86. The molecule has 17 nitrogen and oxygen atoms in total. The Morgan fingerprint density at radius 2 is 1.83 bits per heavy atom. The van der Waals surface area contributed by atoms with Gasteiger partial charge in [0, 0.05) is 13.1 Å². The zero-order valence-corrected chi connectivity index (χ0v) is 27.3. The number of nitrogens with zero attached hydrogens (tertiary/aromatic N) is 5. The Labute approximate surface area is 276 Å². The van der Waals surface area contributed by atoms with E-state index in [1.807, 2.05) is 0 Å². The topological polar surface area (TPSA) is 217 Å². The molecule has 0 radical (unpaired) electrons. The summed E-state index contributed by atoms with van der Waals surface area (Å²) in [7, 11) is -2.48. The van der Waals surface area contributed by atoms with Crippen LogP contribution in [-0.4, -0.2) is 89.1 Å². The minimum Gasteiger partial charge on any atom is -0.497 e. The first-order valence-electron chi connectivity index (χ1n) is 14.4. The van der Waals surface area contributed by atoms with Crippen molar-refractivity contribution in [2.24, 2.45) is 0 Å². The monoisotopic (exact) mass is 698 g/mol. The van der Waals surface area contributed by atoms with Crippen LogP contribution < -0.4 is 20.3 Å². The predicted molar refractivity (Wildman–Crippen MR) is 173 cm³/mol. The Kier molecular flexibility index (Phi) is 10.6. The first-order valence-corrected chi connectivity index (χ1v) is 16.7. The number of H-pyrrole nitrogens is 1. The normalized spacial score (nSPS) is 11.4. The first kappa shape index (κ1) is 33.9. The fourth-order valence-corrected chi connectivity index (χ4v) is 6.66. The molecular formula is C29H30N8O9S2. The van der Waals surface area contributed by atoms with Crippen LogP contribution in [0.15, 0.2) is 64.0 Å². The van der Waals surface area contributed by atoms with Gasteiger partial charge in [0.2, 0.25) is 16.2 Å². The summed E-state index contributed by atoms with van der Waals surface area (Å²) < 4.78 is 45.3. The van der Waals surface area contributed by atoms with Crippen molar-refractivity contribution in [3.8, 4) is 5.75 Å². The Morgan fingerprint density at radius 1 is 1.06 bits per heavy atom. The van der Waals surface area contributed by atoms with Gasteiger partial charge in [0.15, 0.2) is 11.2 Å². The average molecular weight is 699 g/mol. The zero-order valence-electron chi connectivity index (χ0n) is 25.7. The van der Waals surface area contributed by atoms with Gasteiger partial charge in [-0.1, -0.05) is 24.3 Å². The second-order valence-corrected chi connectivity index (χ2v) is 12.9. The van der Waals surface area contributed by atoms with Gasteiger partial charge >= 0.3 is 12.1 Å².